The summed E-state index contributed by atoms with van der Waals surface area (Å²) in [7, 11) is 5.20. The molecule has 0 aliphatic carbocycles. The summed E-state index contributed by atoms with van der Waals surface area (Å²) in [5.74, 6) is 0. The summed E-state index contributed by atoms with van der Waals surface area (Å²) in [4.78, 5) is 0. The Morgan fingerprint density at radius 1 is 1.00 bits per heavy atom. The van der Waals surface area contributed by atoms with E-state index in [0.717, 1.165) is 15.6 Å². The molecule has 1 aromatic carbocycles. The second kappa shape index (κ2) is 2.97. The molecule has 0 fully saturated rings. The van der Waals surface area contributed by atoms with Gasteiger partial charge in [0.05, 0.1) is 0 Å². The van der Waals surface area contributed by atoms with Crippen LogP contribution in [0.3, 0.4) is 0 Å². The van der Waals surface area contributed by atoms with E-state index in [0.29, 0.717) is 0 Å². The van der Waals surface area contributed by atoms with Crippen molar-refractivity contribution in [2.24, 2.45) is 0 Å². The van der Waals surface area contributed by atoms with Crippen LogP contribution in [0.5, 0.6) is 0 Å². The molecule has 3 heteroatoms. The van der Waals surface area contributed by atoms with E-state index in [1.54, 1.807) is 0 Å². The Kier molecular flexibility index (Phi) is 2.47. The van der Waals surface area contributed by atoms with Crippen molar-refractivity contribution in [3.8, 4) is 0 Å². The Bertz CT molecular complexity index is 172. The number of hydrogen-bond donors (Lipinski definition) is 0. The van der Waals surface area contributed by atoms with Gasteiger partial charge in [-0.05, 0) is 28.8 Å². The van der Waals surface area contributed by atoms with E-state index in [9.17, 15) is 0 Å². The lowest BCUT2D eigenvalue weighted by atomic mass is 10.4. The average Bonchev–Trinajstić information content (AvgIpc) is 1.59. The van der Waals surface area contributed by atoms with Gasteiger partial charge < -0.3 is 0 Å². The monoisotopic (exact) mass is 176 g/mol. The van der Waals surface area contributed by atoms with Crippen LogP contribution >= 0.6 is 30.1 Å². The fourth-order valence-corrected chi connectivity index (χ4v) is 2.04. The Labute approximate surface area is 64.4 Å². The maximum absolute atomic E-state index is 5.72. The van der Waals surface area contributed by atoms with Crippen LogP contribution in [0.4, 0.5) is 0 Å². The minimum Gasteiger partial charge on any atom is -0.106 e. The molecule has 2 atom stereocenters. The summed E-state index contributed by atoms with van der Waals surface area (Å²) >= 11 is 5.72. The highest BCUT2D eigenvalue weighted by molar-refractivity contribution is 7.29. The second-order valence-corrected chi connectivity index (χ2v) is 3.59. The first-order chi connectivity index (χ1) is 4.18. The fourth-order valence-electron chi connectivity index (χ4n) is 0.636. The summed E-state index contributed by atoms with van der Waals surface area (Å²) in [5.41, 5.74) is 0. The molecule has 0 saturated heterocycles. The van der Waals surface area contributed by atoms with E-state index in [1.807, 2.05) is 18.2 Å². The van der Waals surface area contributed by atoms with Crippen molar-refractivity contribution in [3.05, 3.63) is 23.2 Å². The first-order valence-electron chi connectivity index (χ1n) is 2.50. The molecule has 0 aliphatic heterocycles. The average molecular weight is 177 g/mol. The predicted octanol–water partition coefficient (Wildman–Crippen LogP) is 1.34. The summed E-state index contributed by atoms with van der Waals surface area (Å²) in [6.45, 7) is 0. The topological polar surface area (TPSA) is 0 Å². The van der Waals surface area contributed by atoms with Crippen LogP contribution in [-0.4, -0.2) is 0 Å². The molecule has 0 heterocycles. The minimum atomic E-state index is 0.785. The number of halogens is 1. The molecule has 0 spiro atoms. The van der Waals surface area contributed by atoms with Crippen LogP contribution in [0, 0.1) is 0 Å². The van der Waals surface area contributed by atoms with E-state index in [4.69, 9.17) is 11.6 Å². The van der Waals surface area contributed by atoms with Crippen molar-refractivity contribution in [1.82, 2.24) is 0 Å². The number of rotatable bonds is 0. The summed E-state index contributed by atoms with van der Waals surface area (Å²) in [6, 6.07) is 5.83. The molecule has 9 heavy (non-hydrogen) atoms. The summed E-state index contributed by atoms with van der Waals surface area (Å²) < 4.78 is 0. The van der Waals surface area contributed by atoms with Crippen molar-refractivity contribution in [2.45, 2.75) is 0 Å². The van der Waals surface area contributed by atoms with Crippen molar-refractivity contribution < 1.29 is 0 Å². The van der Waals surface area contributed by atoms with Gasteiger partial charge in [0.15, 0.2) is 0 Å². The third-order valence-electron chi connectivity index (χ3n) is 0.942. The van der Waals surface area contributed by atoms with Gasteiger partial charge in [-0.3, -0.25) is 0 Å². The third-order valence-corrected chi connectivity index (χ3v) is 1.83. The molecule has 0 aliphatic rings. The van der Waals surface area contributed by atoms with Crippen LogP contribution in [0.25, 0.3) is 0 Å². The molecular weight excluding hydrogens is 169 g/mol. The van der Waals surface area contributed by atoms with E-state index in [-0.39, 0.29) is 0 Å². The van der Waals surface area contributed by atoms with Gasteiger partial charge in [-0.15, -0.1) is 18.5 Å². The lowest BCUT2D eigenvalue weighted by molar-refractivity contribution is 1.85. The number of benzene rings is 1. The molecule has 1 aromatic rings. The molecule has 48 valence electrons. The quantitative estimate of drug-likeness (QED) is 0.524. The van der Waals surface area contributed by atoms with Gasteiger partial charge in [0, 0.05) is 5.02 Å². The zero-order valence-electron chi connectivity index (χ0n) is 4.76. The van der Waals surface area contributed by atoms with E-state index in [1.165, 1.54) is 0 Å². The van der Waals surface area contributed by atoms with E-state index in [2.05, 4.69) is 18.5 Å². The molecule has 0 bridgehead atoms. The van der Waals surface area contributed by atoms with Crippen LogP contribution in [-0.2, 0) is 0 Å². The van der Waals surface area contributed by atoms with Crippen LogP contribution in [0.1, 0.15) is 0 Å². The molecule has 0 nitrogen and oxygen atoms in total. The van der Waals surface area contributed by atoms with Crippen LogP contribution in [0.15, 0.2) is 18.2 Å². The molecule has 1 rings (SSSR count). The van der Waals surface area contributed by atoms with Crippen molar-refractivity contribution in [1.29, 1.82) is 0 Å². The summed E-state index contributed by atoms with van der Waals surface area (Å²) in [6.07, 6.45) is 0. The Morgan fingerprint density at radius 2 is 1.44 bits per heavy atom. The van der Waals surface area contributed by atoms with Crippen molar-refractivity contribution in [3.63, 3.8) is 0 Å². The van der Waals surface area contributed by atoms with Gasteiger partial charge in [-0.2, -0.15) is 0 Å². The van der Waals surface area contributed by atoms with Crippen molar-refractivity contribution in [2.75, 3.05) is 0 Å². The maximum Gasteiger partial charge on any atom is 0.0418 e. The zero-order valence-corrected chi connectivity index (χ0v) is 7.83. The maximum atomic E-state index is 5.72. The Balaban J connectivity index is 3.17. The summed E-state index contributed by atoms with van der Waals surface area (Å²) in [5, 5.41) is 3.02. The highest BCUT2D eigenvalue weighted by Crippen LogP contribution is 2.05. The first-order valence-corrected chi connectivity index (χ1v) is 4.03. The normalized spacial score (nSPS) is 9.67. The fraction of sp³-hybridized carbons (Fsp3) is 0. The Morgan fingerprint density at radius 3 is 1.78 bits per heavy atom. The van der Waals surface area contributed by atoms with E-state index >= 15 is 0 Å². The molecule has 2 unspecified atom stereocenters. The van der Waals surface area contributed by atoms with Crippen LogP contribution < -0.4 is 10.6 Å². The van der Waals surface area contributed by atoms with Crippen LogP contribution in [0.2, 0.25) is 5.02 Å². The van der Waals surface area contributed by atoms with Gasteiger partial charge in [0.2, 0.25) is 0 Å². The SMILES string of the molecule is Pc1cc(P)cc(Cl)c1. The zero-order chi connectivity index (χ0) is 6.85. The molecule has 0 amide bonds. The third kappa shape index (κ3) is 2.22. The van der Waals surface area contributed by atoms with Gasteiger partial charge in [-0.25, -0.2) is 0 Å². The molecule has 0 aromatic heterocycles. The van der Waals surface area contributed by atoms with Gasteiger partial charge in [0.1, 0.15) is 0 Å². The predicted molar refractivity (Wildman–Crippen MR) is 50.1 cm³/mol. The van der Waals surface area contributed by atoms with Gasteiger partial charge >= 0.3 is 0 Å². The molecule has 0 radical (unpaired) electrons. The smallest absolute Gasteiger partial charge is 0.0418 e. The van der Waals surface area contributed by atoms with Gasteiger partial charge in [-0.1, -0.05) is 11.6 Å². The van der Waals surface area contributed by atoms with Crippen molar-refractivity contribution >= 4 is 40.7 Å². The van der Waals surface area contributed by atoms with E-state index < -0.39 is 0 Å². The highest BCUT2D eigenvalue weighted by Gasteiger charge is 1.89. The molecule has 0 saturated carbocycles. The molecular formula is C6H7ClP2. The second-order valence-electron chi connectivity index (χ2n) is 1.82. The lowest BCUT2D eigenvalue weighted by Crippen LogP contribution is -1.98. The van der Waals surface area contributed by atoms with Gasteiger partial charge in [0.25, 0.3) is 0 Å². The largest absolute Gasteiger partial charge is 0.106 e. The minimum absolute atomic E-state index is 0.785. The lowest BCUT2D eigenvalue weighted by Gasteiger charge is -1.94. The molecule has 0 N–H and O–H groups in total. The first kappa shape index (κ1) is 7.48. The Hall–Kier alpha value is 0.370. The highest BCUT2D eigenvalue weighted by atomic mass is 35.5. The standard InChI is InChI=1S/C6H7ClP2/c7-4-1-5(8)3-6(9)2-4/h1-3H,8-9H2. The number of hydrogen-bond acceptors (Lipinski definition) is 0.